The fourth-order valence-corrected chi connectivity index (χ4v) is 5.85. The van der Waals surface area contributed by atoms with E-state index in [1.165, 1.54) is 0 Å². The van der Waals surface area contributed by atoms with E-state index in [-0.39, 0.29) is 6.04 Å². The number of nitrogens with zero attached hydrogens (tertiary/aromatic N) is 4. The molecule has 0 aliphatic carbocycles. The van der Waals surface area contributed by atoms with E-state index in [0.717, 1.165) is 18.4 Å². The molecule has 6 nitrogen and oxygen atoms in total. The first-order valence-corrected chi connectivity index (χ1v) is 12.0. The molecule has 0 bridgehead atoms. The molecule has 2 aromatic carbocycles. The lowest BCUT2D eigenvalue weighted by atomic mass is 10.1. The number of H-pyrrole nitrogens is 1. The Morgan fingerprint density at radius 1 is 1.32 bits per heavy atom. The molecule has 0 radical (unpaired) electrons. The average molecular weight is 452 g/mol. The number of hydrogen-bond acceptors (Lipinski definition) is 4. The smallest absolute Gasteiger partial charge is 0.191 e. The van der Waals surface area contributed by atoms with Gasteiger partial charge in [-0.25, -0.2) is 13.5 Å². The number of aliphatic imine (C=N–C) groups is 1. The maximum atomic E-state index is 13.4. The van der Waals surface area contributed by atoms with Crippen molar-refractivity contribution in [1.29, 1.82) is 5.26 Å². The van der Waals surface area contributed by atoms with Gasteiger partial charge in [-0.2, -0.15) is 10.4 Å². The number of aromatic nitrogens is 2. The molecule has 1 saturated heterocycles. The molecule has 1 fully saturated rings. The molecule has 8 heteroatoms. The van der Waals surface area contributed by atoms with E-state index in [4.69, 9.17) is 11.6 Å². The molecule has 0 saturated carbocycles. The van der Waals surface area contributed by atoms with Crippen molar-refractivity contribution in [2.45, 2.75) is 30.2 Å². The van der Waals surface area contributed by atoms with Gasteiger partial charge in [0.05, 0.1) is 21.4 Å². The van der Waals surface area contributed by atoms with Crippen LogP contribution in [-0.2, 0) is 16.1 Å². The Labute approximate surface area is 187 Å². The number of aromatic amines is 1. The van der Waals surface area contributed by atoms with Crippen molar-refractivity contribution in [1.82, 2.24) is 14.5 Å². The van der Waals surface area contributed by atoms with E-state index in [0.29, 0.717) is 40.0 Å². The van der Waals surface area contributed by atoms with Gasteiger partial charge in [0.2, 0.25) is 0 Å². The highest BCUT2D eigenvalue weighted by Crippen LogP contribution is 2.27. The van der Waals surface area contributed by atoms with Crippen molar-refractivity contribution in [2.24, 2.45) is 4.99 Å². The third-order valence-electron chi connectivity index (χ3n) is 5.31. The second kappa shape index (κ2) is 9.06. The van der Waals surface area contributed by atoms with Crippen molar-refractivity contribution in [3.63, 3.8) is 0 Å². The summed E-state index contributed by atoms with van der Waals surface area (Å²) in [5.74, 6) is 4.36. The molecule has 0 spiro atoms. The van der Waals surface area contributed by atoms with Crippen LogP contribution in [0.4, 0.5) is 5.82 Å². The Balaban J connectivity index is 1.56. The predicted molar refractivity (Wildman–Crippen MR) is 125 cm³/mol. The fraction of sp³-hybridized carbons (Fsp3) is 0.217. The second-order valence-electron chi connectivity index (χ2n) is 7.40. The van der Waals surface area contributed by atoms with Crippen molar-refractivity contribution < 1.29 is 4.21 Å². The van der Waals surface area contributed by atoms with E-state index in [1.807, 2.05) is 58.9 Å². The van der Waals surface area contributed by atoms with E-state index < -0.39 is 9.71 Å². The molecule has 2 atom stereocenters. The lowest BCUT2D eigenvalue weighted by Gasteiger charge is -2.25. The lowest BCUT2D eigenvalue weighted by molar-refractivity contribution is 0.493. The highest BCUT2D eigenvalue weighted by Gasteiger charge is 2.30. The normalized spacial score (nSPS) is 18.8. The first-order valence-electron chi connectivity index (χ1n) is 9.94. The average Bonchev–Trinajstić information content (AvgIpc) is 3.40. The summed E-state index contributed by atoms with van der Waals surface area (Å²) in [6.07, 6.45) is 3.97. The van der Waals surface area contributed by atoms with Gasteiger partial charge in [0.15, 0.2) is 5.82 Å². The third kappa shape index (κ3) is 4.57. The number of hydrogen-bond donors (Lipinski definition) is 1. The first kappa shape index (κ1) is 21.3. The van der Waals surface area contributed by atoms with Crippen LogP contribution in [0.1, 0.15) is 29.7 Å². The van der Waals surface area contributed by atoms with Crippen molar-refractivity contribution in [3.05, 3.63) is 76.4 Å². The number of rotatable bonds is 6. The van der Waals surface area contributed by atoms with E-state index in [2.05, 4.69) is 27.1 Å². The second-order valence-corrected chi connectivity index (χ2v) is 10.1. The van der Waals surface area contributed by atoms with Crippen LogP contribution in [0.3, 0.4) is 0 Å². The molecule has 1 N–H and O–H groups in total. The molecular weight excluding hydrogens is 430 g/mol. The summed E-state index contributed by atoms with van der Waals surface area (Å²) in [6, 6.07) is 18.8. The standard InChI is InChI=1S/C23H22ClN5OS/c1-31(30,20-10-3-2-4-11-20)29-12-6-9-19(29)16-26-23-21(15-25)22(27-28-23)14-17-7-5-8-18(24)13-17/h2-5,7-8,10-11,13,16,19H,1,6,9,12,14H2,(H,27,28). The van der Waals surface area contributed by atoms with Gasteiger partial charge in [0.25, 0.3) is 0 Å². The highest BCUT2D eigenvalue weighted by molar-refractivity contribution is 7.98. The summed E-state index contributed by atoms with van der Waals surface area (Å²) in [5.41, 5.74) is 2.06. The topological polar surface area (TPSA) is 85.1 Å². The largest absolute Gasteiger partial charge is 0.279 e. The van der Waals surface area contributed by atoms with Gasteiger partial charge in [0, 0.05) is 29.1 Å². The molecule has 1 aliphatic rings. The summed E-state index contributed by atoms with van der Waals surface area (Å²) in [6.45, 7) is 0.680. The molecule has 31 heavy (non-hydrogen) atoms. The molecule has 1 aromatic heterocycles. The van der Waals surface area contributed by atoms with Gasteiger partial charge in [-0.1, -0.05) is 41.9 Å². The van der Waals surface area contributed by atoms with Gasteiger partial charge in [-0.3, -0.25) is 5.10 Å². The fourth-order valence-electron chi connectivity index (χ4n) is 3.76. The van der Waals surface area contributed by atoms with Crippen LogP contribution in [0.2, 0.25) is 5.02 Å². The van der Waals surface area contributed by atoms with Crippen LogP contribution < -0.4 is 0 Å². The summed E-state index contributed by atoms with van der Waals surface area (Å²) in [7, 11) is -2.61. The van der Waals surface area contributed by atoms with Crippen LogP contribution in [0.15, 0.2) is 64.5 Å². The van der Waals surface area contributed by atoms with Crippen LogP contribution >= 0.6 is 11.6 Å². The van der Waals surface area contributed by atoms with Crippen molar-refractivity contribution in [3.8, 4) is 6.07 Å². The zero-order valence-corrected chi connectivity index (χ0v) is 18.4. The Morgan fingerprint density at radius 2 is 2.13 bits per heavy atom. The number of nitrogens with one attached hydrogen (secondary N) is 1. The summed E-state index contributed by atoms with van der Waals surface area (Å²) in [4.78, 5) is 5.19. The minimum absolute atomic E-state index is 0.134. The molecule has 2 unspecified atom stereocenters. The van der Waals surface area contributed by atoms with E-state index >= 15 is 0 Å². The van der Waals surface area contributed by atoms with Gasteiger partial charge in [0.1, 0.15) is 11.6 Å². The van der Waals surface area contributed by atoms with Crippen LogP contribution in [0.25, 0.3) is 0 Å². The predicted octanol–water partition coefficient (Wildman–Crippen LogP) is 4.38. The third-order valence-corrected chi connectivity index (χ3v) is 7.77. The molecule has 2 heterocycles. The Bertz CT molecular complexity index is 1240. The molecule has 4 rings (SSSR count). The molecule has 0 amide bonds. The van der Waals surface area contributed by atoms with E-state index in [1.54, 1.807) is 6.21 Å². The van der Waals surface area contributed by atoms with Gasteiger partial charge in [-0.15, -0.1) is 0 Å². The Hall–Kier alpha value is -2.92. The zero-order chi connectivity index (χ0) is 21.8. The first-order chi connectivity index (χ1) is 15.0. The Kier molecular flexibility index (Phi) is 6.23. The van der Waals surface area contributed by atoms with E-state index in [9.17, 15) is 9.47 Å². The van der Waals surface area contributed by atoms with Crippen LogP contribution in [0.5, 0.6) is 0 Å². The summed E-state index contributed by atoms with van der Waals surface area (Å²) >= 11 is 6.06. The molecule has 3 aromatic rings. The van der Waals surface area contributed by atoms with Gasteiger partial charge >= 0.3 is 0 Å². The Morgan fingerprint density at radius 3 is 2.87 bits per heavy atom. The maximum Gasteiger partial charge on any atom is 0.191 e. The zero-order valence-electron chi connectivity index (χ0n) is 16.9. The number of nitriles is 1. The highest BCUT2D eigenvalue weighted by atomic mass is 35.5. The number of halogens is 1. The van der Waals surface area contributed by atoms with Crippen molar-refractivity contribution >= 4 is 39.2 Å². The minimum atomic E-state index is -2.61. The lowest BCUT2D eigenvalue weighted by Crippen LogP contribution is -2.36. The summed E-state index contributed by atoms with van der Waals surface area (Å²) in [5, 5.41) is 17.5. The van der Waals surface area contributed by atoms with Crippen LogP contribution in [0, 0.1) is 11.3 Å². The summed E-state index contributed by atoms with van der Waals surface area (Å²) < 4.78 is 15.3. The SMILES string of the molecule is C=S(=O)(c1ccccc1)N1CCCC1C=Nc1n[nH]c(Cc2cccc(Cl)c2)c1C#N. The molecule has 158 valence electrons. The van der Waals surface area contributed by atoms with Crippen LogP contribution in [-0.4, -0.2) is 43.4 Å². The molecular formula is C23H22ClN5OS. The van der Waals surface area contributed by atoms with Gasteiger partial charge in [-0.05, 0) is 48.5 Å². The van der Waals surface area contributed by atoms with Crippen molar-refractivity contribution in [2.75, 3.05) is 6.54 Å². The number of benzene rings is 2. The maximum absolute atomic E-state index is 13.4. The van der Waals surface area contributed by atoms with Gasteiger partial charge < -0.3 is 0 Å². The quantitative estimate of drug-likeness (QED) is 0.445. The minimum Gasteiger partial charge on any atom is -0.279 e. The monoisotopic (exact) mass is 451 g/mol. The molecule has 1 aliphatic heterocycles.